The third kappa shape index (κ3) is 3.42. The highest BCUT2D eigenvalue weighted by Crippen LogP contribution is 2.37. The summed E-state index contributed by atoms with van der Waals surface area (Å²) in [5.74, 6) is 0.910. The number of ether oxygens (including phenoxy) is 2. The van der Waals surface area contributed by atoms with Gasteiger partial charge in [0.2, 0.25) is 6.29 Å². The molecule has 2 saturated heterocycles. The normalized spacial score (nSPS) is 34.1. The molecule has 0 bridgehead atoms. The molecule has 2 aromatic carbocycles. The fourth-order valence-corrected chi connectivity index (χ4v) is 3.98. The summed E-state index contributed by atoms with van der Waals surface area (Å²) in [5, 5.41) is 44.9. The van der Waals surface area contributed by atoms with Crippen LogP contribution in [-0.2, 0) is 4.74 Å². The number of aliphatic hydroxyl groups excluding tert-OH is 4. The Labute approximate surface area is 157 Å². The minimum absolute atomic E-state index is 0.369. The number of fused-ring (bicyclic) bond motifs is 1. The van der Waals surface area contributed by atoms with E-state index in [1.54, 1.807) is 6.07 Å². The highest BCUT2D eigenvalue weighted by molar-refractivity contribution is 5.92. The number of hydrogen-bond donors (Lipinski definition) is 5. The molecule has 0 aliphatic carbocycles. The summed E-state index contributed by atoms with van der Waals surface area (Å²) in [4.78, 5) is 0. The van der Waals surface area contributed by atoms with Gasteiger partial charge in [0.15, 0.2) is 0 Å². The first-order valence-electron chi connectivity index (χ1n) is 9.29. The first kappa shape index (κ1) is 18.6. The Hall–Kier alpha value is -1.74. The Balaban J connectivity index is 1.69. The standard InChI is InChI=1S/C20H25NO6/c22-10-15-17(23)18(24)19(25)20(27-15)26-14-6-2-4-11-3-1-5-13(16(11)14)12-7-8-21-9-12/h1-6,12,15,17-25H,7-10H2/t12-,15+,17+,18+,19+,20+/m0/s1. The molecule has 0 unspecified atom stereocenters. The van der Waals surface area contributed by atoms with Crippen molar-refractivity contribution in [3.05, 3.63) is 42.0 Å². The van der Waals surface area contributed by atoms with Gasteiger partial charge in [-0.3, -0.25) is 0 Å². The van der Waals surface area contributed by atoms with E-state index in [-0.39, 0.29) is 0 Å². The monoisotopic (exact) mass is 375 g/mol. The van der Waals surface area contributed by atoms with Crippen LogP contribution >= 0.6 is 0 Å². The Kier molecular flexibility index (Phi) is 5.32. The van der Waals surface area contributed by atoms with E-state index in [4.69, 9.17) is 9.47 Å². The number of rotatable bonds is 4. The molecule has 146 valence electrons. The van der Waals surface area contributed by atoms with Crippen LogP contribution in [-0.4, -0.2) is 70.8 Å². The number of aliphatic hydroxyl groups is 4. The van der Waals surface area contributed by atoms with Crippen LogP contribution in [0.4, 0.5) is 0 Å². The van der Waals surface area contributed by atoms with Crippen molar-refractivity contribution in [1.29, 1.82) is 0 Å². The van der Waals surface area contributed by atoms with Crippen molar-refractivity contribution < 1.29 is 29.9 Å². The summed E-state index contributed by atoms with van der Waals surface area (Å²) >= 11 is 0. The summed E-state index contributed by atoms with van der Waals surface area (Å²) in [6.07, 6.45) is -5.46. The first-order valence-corrected chi connectivity index (χ1v) is 9.29. The van der Waals surface area contributed by atoms with Gasteiger partial charge >= 0.3 is 0 Å². The average molecular weight is 375 g/mol. The third-order valence-corrected chi connectivity index (χ3v) is 5.49. The minimum Gasteiger partial charge on any atom is -0.461 e. The summed E-state index contributed by atoms with van der Waals surface area (Å²) in [5.41, 5.74) is 1.16. The molecule has 0 spiro atoms. The van der Waals surface area contributed by atoms with Crippen LogP contribution in [0.2, 0.25) is 0 Å². The van der Waals surface area contributed by atoms with Crippen LogP contribution in [0.15, 0.2) is 36.4 Å². The molecule has 27 heavy (non-hydrogen) atoms. The Morgan fingerprint density at radius 2 is 1.81 bits per heavy atom. The molecule has 4 rings (SSSR count). The molecule has 7 nitrogen and oxygen atoms in total. The second-order valence-electron chi connectivity index (χ2n) is 7.21. The summed E-state index contributed by atoms with van der Waals surface area (Å²) in [7, 11) is 0. The fourth-order valence-electron chi connectivity index (χ4n) is 3.98. The van der Waals surface area contributed by atoms with E-state index in [0.29, 0.717) is 11.7 Å². The lowest BCUT2D eigenvalue weighted by molar-refractivity contribution is -0.277. The van der Waals surface area contributed by atoms with Gasteiger partial charge in [0, 0.05) is 11.9 Å². The SMILES string of the molecule is OC[C@H]1O[C@@H](Oc2cccc3cccc([C@H]4CCNC4)c23)[C@H](O)[C@H](O)[C@@H]1O. The molecule has 2 aromatic rings. The van der Waals surface area contributed by atoms with E-state index in [1.165, 1.54) is 0 Å². The van der Waals surface area contributed by atoms with Crippen molar-refractivity contribution in [3.63, 3.8) is 0 Å². The molecular weight excluding hydrogens is 350 g/mol. The summed E-state index contributed by atoms with van der Waals surface area (Å²) in [6, 6.07) is 11.8. The van der Waals surface area contributed by atoms with Gasteiger partial charge in [-0.15, -0.1) is 0 Å². The number of benzene rings is 2. The van der Waals surface area contributed by atoms with E-state index in [9.17, 15) is 20.4 Å². The Morgan fingerprint density at radius 3 is 2.52 bits per heavy atom. The number of hydrogen-bond acceptors (Lipinski definition) is 7. The van der Waals surface area contributed by atoms with Crippen LogP contribution in [0.25, 0.3) is 10.8 Å². The van der Waals surface area contributed by atoms with Crippen LogP contribution < -0.4 is 10.1 Å². The smallest absolute Gasteiger partial charge is 0.229 e. The lowest BCUT2D eigenvalue weighted by Crippen LogP contribution is -2.60. The second-order valence-corrected chi connectivity index (χ2v) is 7.21. The molecule has 6 atom stereocenters. The van der Waals surface area contributed by atoms with Gasteiger partial charge in [0.25, 0.3) is 0 Å². The molecule has 0 aromatic heterocycles. The Bertz CT molecular complexity index is 786. The van der Waals surface area contributed by atoms with Gasteiger partial charge in [0.05, 0.1) is 6.61 Å². The van der Waals surface area contributed by atoms with Gasteiger partial charge < -0.3 is 35.2 Å². The summed E-state index contributed by atoms with van der Waals surface area (Å²) < 4.78 is 11.5. The van der Waals surface area contributed by atoms with Crippen LogP contribution in [0.5, 0.6) is 5.75 Å². The van der Waals surface area contributed by atoms with E-state index in [1.807, 2.05) is 24.3 Å². The maximum atomic E-state index is 10.3. The molecule has 2 heterocycles. The van der Waals surface area contributed by atoms with E-state index in [0.717, 1.165) is 35.8 Å². The molecule has 2 aliphatic heterocycles. The van der Waals surface area contributed by atoms with E-state index >= 15 is 0 Å². The lowest BCUT2D eigenvalue weighted by Gasteiger charge is -2.39. The molecule has 2 aliphatic rings. The average Bonchev–Trinajstić information content (AvgIpc) is 3.22. The van der Waals surface area contributed by atoms with Crippen molar-refractivity contribution in [3.8, 4) is 5.75 Å². The van der Waals surface area contributed by atoms with Crippen molar-refractivity contribution in [1.82, 2.24) is 5.32 Å². The van der Waals surface area contributed by atoms with Gasteiger partial charge in [0.1, 0.15) is 30.2 Å². The molecule has 0 amide bonds. The van der Waals surface area contributed by atoms with Crippen molar-refractivity contribution in [2.24, 2.45) is 0 Å². The lowest BCUT2D eigenvalue weighted by atomic mass is 9.92. The van der Waals surface area contributed by atoms with Gasteiger partial charge in [-0.25, -0.2) is 0 Å². The predicted octanol–water partition coefficient (Wildman–Crippen LogP) is 0.0954. The van der Waals surface area contributed by atoms with Gasteiger partial charge in [-0.05, 0) is 35.9 Å². The maximum absolute atomic E-state index is 10.3. The quantitative estimate of drug-likeness (QED) is 0.515. The fraction of sp³-hybridized carbons (Fsp3) is 0.500. The van der Waals surface area contributed by atoms with Crippen LogP contribution in [0, 0.1) is 0 Å². The second kappa shape index (κ2) is 7.71. The zero-order valence-electron chi connectivity index (χ0n) is 14.9. The van der Waals surface area contributed by atoms with Gasteiger partial charge in [-0.1, -0.05) is 30.3 Å². The first-order chi connectivity index (χ1) is 13.1. The largest absolute Gasteiger partial charge is 0.461 e. The molecule has 5 N–H and O–H groups in total. The zero-order chi connectivity index (χ0) is 19.0. The zero-order valence-corrected chi connectivity index (χ0v) is 14.9. The maximum Gasteiger partial charge on any atom is 0.229 e. The van der Waals surface area contributed by atoms with Crippen LogP contribution in [0.1, 0.15) is 17.9 Å². The molecule has 0 saturated carbocycles. The summed E-state index contributed by atoms with van der Waals surface area (Å²) in [6.45, 7) is 1.38. The van der Waals surface area contributed by atoms with E-state index < -0.39 is 37.3 Å². The minimum atomic E-state index is -1.46. The molecular formula is C20H25NO6. The molecule has 7 heteroatoms. The van der Waals surface area contributed by atoms with Crippen LogP contribution in [0.3, 0.4) is 0 Å². The highest BCUT2D eigenvalue weighted by Gasteiger charge is 2.44. The highest BCUT2D eigenvalue weighted by atomic mass is 16.7. The van der Waals surface area contributed by atoms with Gasteiger partial charge in [-0.2, -0.15) is 0 Å². The topological polar surface area (TPSA) is 111 Å². The molecule has 0 radical (unpaired) electrons. The van der Waals surface area contributed by atoms with E-state index in [2.05, 4.69) is 11.4 Å². The Morgan fingerprint density at radius 1 is 1.04 bits per heavy atom. The van der Waals surface area contributed by atoms with Crippen molar-refractivity contribution in [2.45, 2.75) is 43.0 Å². The number of nitrogens with one attached hydrogen (secondary N) is 1. The molecule has 2 fully saturated rings. The predicted molar refractivity (Wildman–Crippen MR) is 98.6 cm³/mol. The van der Waals surface area contributed by atoms with Crippen molar-refractivity contribution in [2.75, 3.05) is 19.7 Å². The third-order valence-electron chi connectivity index (χ3n) is 5.49. The van der Waals surface area contributed by atoms with Crippen molar-refractivity contribution >= 4 is 10.8 Å².